The van der Waals surface area contributed by atoms with Crippen molar-refractivity contribution in [2.75, 3.05) is 11.9 Å². The van der Waals surface area contributed by atoms with Crippen LogP contribution >= 0.6 is 11.3 Å². The molecule has 18 heavy (non-hydrogen) atoms. The summed E-state index contributed by atoms with van der Waals surface area (Å²) in [4.78, 5) is 15.0. The summed E-state index contributed by atoms with van der Waals surface area (Å²) in [6.45, 7) is 2.78. The van der Waals surface area contributed by atoms with Crippen molar-refractivity contribution in [3.05, 3.63) is 11.1 Å². The maximum atomic E-state index is 10.7. The van der Waals surface area contributed by atoms with Gasteiger partial charge in [0.1, 0.15) is 6.04 Å². The van der Waals surface area contributed by atoms with Gasteiger partial charge in [0.05, 0.1) is 11.8 Å². The summed E-state index contributed by atoms with van der Waals surface area (Å²) in [5, 5.41) is 14.5. The normalized spacial score (nSPS) is 25.7. The van der Waals surface area contributed by atoms with Gasteiger partial charge in [-0.25, -0.2) is 4.98 Å². The zero-order valence-electron chi connectivity index (χ0n) is 10.1. The number of hydrogen-bond donors (Lipinski definition) is 3. The molecule has 100 valence electrons. The minimum Gasteiger partial charge on any atom is -0.480 e. The van der Waals surface area contributed by atoms with Crippen LogP contribution in [0, 0.1) is 0 Å². The van der Waals surface area contributed by atoms with Crippen molar-refractivity contribution in [1.82, 2.24) is 4.98 Å². The van der Waals surface area contributed by atoms with E-state index in [9.17, 15) is 4.79 Å². The average Bonchev–Trinajstić information content (AvgIpc) is 2.76. The predicted octanol–water partition coefficient (Wildman–Crippen LogP) is 1.21. The van der Waals surface area contributed by atoms with E-state index in [1.54, 1.807) is 5.38 Å². The molecule has 0 saturated carbocycles. The van der Waals surface area contributed by atoms with Crippen LogP contribution < -0.4 is 11.1 Å². The molecule has 0 amide bonds. The Morgan fingerprint density at radius 1 is 1.78 bits per heavy atom. The molecule has 0 aliphatic carbocycles. The SMILES string of the molecule is CC1CC(Nc2nc(C(N)C(=O)O)cs2)CCO1. The van der Waals surface area contributed by atoms with Gasteiger partial charge in [-0.15, -0.1) is 11.3 Å². The first kappa shape index (κ1) is 13.3. The number of nitrogens with zero attached hydrogens (tertiary/aromatic N) is 1. The Kier molecular flexibility index (Phi) is 4.15. The molecule has 7 heteroatoms. The first-order chi connectivity index (χ1) is 8.56. The molecule has 1 aliphatic heterocycles. The third kappa shape index (κ3) is 3.18. The fraction of sp³-hybridized carbons (Fsp3) is 0.636. The van der Waals surface area contributed by atoms with Crippen molar-refractivity contribution < 1.29 is 14.6 Å². The fourth-order valence-corrected chi connectivity index (χ4v) is 2.75. The second kappa shape index (κ2) is 5.64. The second-order valence-corrected chi connectivity index (χ2v) is 5.30. The van der Waals surface area contributed by atoms with Crippen molar-refractivity contribution in [3.63, 3.8) is 0 Å². The average molecular weight is 271 g/mol. The number of aromatic nitrogens is 1. The highest BCUT2D eigenvalue weighted by Crippen LogP contribution is 2.23. The van der Waals surface area contributed by atoms with Crippen LogP contribution in [0.2, 0.25) is 0 Å². The van der Waals surface area contributed by atoms with E-state index in [-0.39, 0.29) is 6.10 Å². The van der Waals surface area contributed by atoms with Crippen molar-refractivity contribution in [3.8, 4) is 0 Å². The molecule has 0 bridgehead atoms. The van der Waals surface area contributed by atoms with Crippen LogP contribution in [0.4, 0.5) is 5.13 Å². The third-order valence-corrected chi connectivity index (χ3v) is 3.71. The smallest absolute Gasteiger partial charge is 0.326 e. The van der Waals surface area contributed by atoms with Gasteiger partial charge in [-0.2, -0.15) is 0 Å². The molecular weight excluding hydrogens is 254 g/mol. The van der Waals surface area contributed by atoms with Crippen LogP contribution in [-0.4, -0.2) is 34.8 Å². The Balaban J connectivity index is 1.96. The van der Waals surface area contributed by atoms with Crippen LogP contribution in [0.25, 0.3) is 0 Å². The quantitative estimate of drug-likeness (QED) is 0.761. The molecule has 4 N–H and O–H groups in total. The highest BCUT2D eigenvalue weighted by Gasteiger charge is 2.22. The molecular formula is C11H17N3O3S. The van der Waals surface area contributed by atoms with Crippen LogP contribution in [0.1, 0.15) is 31.5 Å². The second-order valence-electron chi connectivity index (χ2n) is 4.44. The maximum Gasteiger partial charge on any atom is 0.326 e. The summed E-state index contributed by atoms with van der Waals surface area (Å²) in [6.07, 6.45) is 2.11. The van der Waals surface area contributed by atoms with E-state index >= 15 is 0 Å². The van der Waals surface area contributed by atoms with Gasteiger partial charge >= 0.3 is 5.97 Å². The Labute approximate surface area is 109 Å². The summed E-state index contributed by atoms with van der Waals surface area (Å²) in [7, 11) is 0. The van der Waals surface area contributed by atoms with E-state index in [4.69, 9.17) is 15.6 Å². The lowest BCUT2D eigenvalue weighted by atomic mass is 10.1. The lowest BCUT2D eigenvalue weighted by Gasteiger charge is -2.27. The number of nitrogens with one attached hydrogen (secondary N) is 1. The predicted molar refractivity (Wildman–Crippen MR) is 68.7 cm³/mol. The Hall–Kier alpha value is -1.18. The number of ether oxygens (including phenoxy) is 1. The lowest BCUT2D eigenvalue weighted by Crippen LogP contribution is -2.32. The highest BCUT2D eigenvalue weighted by molar-refractivity contribution is 7.13. The summed E-state index contributed by atoms with van der Waals surface area (Å²) in [6, 6.07) is -0.723. The first-order valence-electron chi connectivity index (χ1n) is 5.88. The summed E-state index contributed by atoms with van der Waals surface area (Å²) in [5.74, 6) is -1.06. The number of rotatable bonds is 4. The van der Waals surface area contributed by atoms with E-state index in [2.05, 4.69) is 10.3 Å². The third-order valence-electron chi connectivity index (χ3n) is 2.92. The van der Waals surface area contributed by atoms with E-state index in [0.717, 1.165) is 24.6 Å². The molecule has 1 fully saturated rings. The molecule has 1 aliphatic rings. The van der Waals surface area contributed by atoms with Gasteiger partial charge < -0.3 is 20.9 Å². The van der Waals surface area contributed by atoms with Gasteiger partial charge in [0.15, 0.2) is 5.13 Å². The molecule has 6 nitrogen and oxygen atoms in total. The number of nitrogens with two attached hydrogens (primary N) is 1. The summed E-state index contributed by atoms with van der Waals surface area (Å²) < 4.78 is 5.47. The number of thiazole rings is 1. The monoisotopic (exact) mass is 271 g/mol. The summed E-state index contributed by atoms with van der Waals surface area (Å²) in [5.41, 5.74) is 5.90. The molecule has 2 rings (SSSR count). The van der Waals surface area contributed by atoms with Crippen LogP contribution in [0.3, 0.4) is 0 Å². The largest absolute Gasteiger partial charge is 0.480 e. The number of hydrogen-bond acceptors (Lipinski definition) is 6. The molecule has 1 aromatic heterocycles. The Morgan fingerprint density at radius 3 is 3.22 bits per heavy atom. The minimum absolute atomic E-state index is 0.247. The highest BCUT2D eigenvalue weighted by atomic mass is 32.1. The van der Waals surface area contributed by atoms with E-state index in [0.29, 0.717) is 11.7 Å². The topological polar surface area (TPSA) is 97.5 Å². The number of anilines is 1. The lowest BCUT2D eigenvalue weighted by molar-refractivity contribution is -0.138. The first-order valence-corrected chi connectivity index (χ1v) is 6.76. The van der Waals surface area contributed by atoms with Gasteiger partial charge in [-0.05, 0) is 19.8 Å². The van der Waals surface area contributed by atoms with Gasteiger partial charge in [0.25, 0.3) is 0 Å². The van der Waals surface area contributed by atoms with Crippen molar-refractivity contribution >= 4 is 22.4 Å². The Bertz CT molecular complexity index is 423. The van der Waals surface area contributed by atoms with Crippen LogP contribution in [-0.2, 0) is 9.53 Å². The molecule has 3 atom stereocenters. The van der Waals surface area contributed by atoms with E-state index in [1.807, 2.05) is 6.92 Å². The van der Waals surface area contributed by atoms with Gasteiger partial charge in [0.2, 0.25) is 0 Å². The van der Waals surface area contributed by atoms with Gasteiger partial charge in [0, 0.05) is 18.0 Å². The molecule has 0 aromatic carbocycles. The fourth-order valence-electron chi connectivity index (χ4n) is 1.93. The van der Waals surface area contributed by atoms with Crippen LogP contribution in [0.15, 0.2) is 5.38 Å². The molecule has 1 aromatic rings. The number of aliphatic carboxylic acids is 1. The number of carboxylic acids is 1. The van der Waals surface area contributed by atoms with E-state index in [1.165, 1.54) is 11.3 Å². The van der Waals surface area contributed by atoms with E-state index < -0.39 is 12.0 Å². The van der Waals surface area contributed by atoms with Gasteiger partial charge in [-0.3, -0.25) is 4.79 Å². The van der Waals surface area contributed by atoms with Crippen molar-refractivity contribution in [2.24, 2.45) is 5.73 Å². The molecule has 2 heterocycles. The van der Waals surface area contributed by atoms with Gasteiger partial charge in [-0.1, -0.05) is 0 Å². The number of carboxylic acid groups (broad SMARTS) is 1. The molecule has 0 radical (unpaired) electrons. The summed E-state index contributed by atoms with van der Waals surface area (Å²) >= 11 is 1.38. The Morgan fingerprint density at radius 2 is 2.56 bits per heavy atom. The van der Waals surface area contributed by atoms with Crippen molar-refractivity contribution in [1.29, 1.82) is 0 Å². The molecule has 0 spiro atoms. The molecule has 3 unspecified atom stereocenters. The minimum atomic E-state index is -1.06. The zero-order valence-corrected chi connectivity index (χ0v) is 10.9. The zero-order chi connectivity index (χ0) is 13.1. The number of carbonyl (C=O) groups is 1. The van der Waals surface area contributed by atoms with Crippen LogP contribution in [0.5, 0.6) is 0 Å². The standard InChI is InChI=1S/C11H17N3O3S/c1-6-4-7(2-3-17-6)13-11-14-8(5-18-11)9(12)10(15)16/h5-7,9H,2-4,12H2,1H3,(H,13,14)(H,15,16). The molecule has 1 saturated heterocycles. The maximum absolute atomic E-state index is 10.7. The van der Waals surface area contributed by atoms with Crippen molar-refractivity contribution in [2.45, 2.75) is 38.0 Å².